The number of nitrogens with zero attached hydrogens (tertiary/aromatic N) is 3. The normalized spacial score (nSPS) is 14.4. The van der Waals surface area contributed by atoms with E-state index in [0.717, 1.165) is 32.0 Å². The summed E-state index contributed by atoms with van der Waals surface area (Å²) in [5.41, 5.74) is 4.95. The fourth-order valence-electron chi connectivity index (χ4n) is 3.60. The van der Waals surface area contributed by atoms with Gasteiger partial charge in [0.25, 0.3) is 0 Å². The first kappa shape index (κ1) is 20.9. The van der Waals surface area contributed by atoms with Crippen LogP contribution in [0.1, 0.15) is 42.0 Å². The zero-order chi connectivity index (χ0) is 20.6. The van der Waals surface area contributed by atoms with E-state index in [1.165, 1.54) is 22.3 Å². The molecule has 5 nitrogen and oxygen atoms in total. The molecule has 0 unspecified atom stereocenters. The lowest BCUT2D eigenvalue weighted by Gasteiger charge is -2.23. The van der Waals surface area contributed by atoms with E-state index in [0.29, 0.717) is 19.5 Å². The van der Waals surface area contributed by atoms with E-state index in [2.05, 4.69) is 79.6 Å². The van der Waals surface area contributed by atoms with E-state index >= 15 is 0 Å². The number of hydrogen-bond donors (Lipinski definition) is 1. The van der Waals surface area contributed by atoms with Gasteiger partial charge in [-0.05, 0) is 42.5 Å². The van der Waals surface area contributed by atoms with Crippen molar-refractivity contribution in [2.75, 3.05) is 20.1 Å². The Morgan fingerprint density at radius 1 is 1.14 bits per heavy atom. The minimum absolute atomic E-state index is 0.269. The molecule has 0 radical (unpaired) electrons. The highest BCUT2D eigenvalue weighted by atomic mass is 16.2. The number of amides is 1. The number of guanidine groups is 1. The van der Waals surface area contributed by atoms with E-state index in [9.17, 15) is 4.79 Å². The smallest absolute Gasteiger partial charge is 0.222 e. The molecular weight excluding hydrogens is 360 g/mol. The summed E-state index contributed by atoms with van der Waals surface area (Å²) in [4.78, 5) is 20.7. The van der Waals surface area contributed by atoms with Crippen LogP contribution < -0.4 is 5.32 Å². The third-order valence-corrected chi connectivity index (χ3v) is 5.34. The Morgan fingerprint density at radius 3 is 2.52 bits per heavy atom. The zero-order valence-electron chi connectivity index (χ0n) is 17.8. The van der Waals surface area contributed by atoms with Crippen LogP contribution >= 0.6 is 0 Å². The molecule has 154 valence electrons. The summed E-state index contributed by atoms with van der Waals surface area (Å²) in [5, 5.41) is 3.39. The number of aliphatic imine (C=N–C) groups is 1. The molecule has 0 aliphatic carbocycles. The number of nitrogens with one attached hydrogen (secondary N) is 1. The van der Waals surface area contributed by atoms with Crippen molar-refractivity contribution in [3.05, 3.63) is 70.8 Å². The van der Waals surface area contributed by atoms with Crippen LogP contribution in [-0.2, 0) is 24.4 Å². The van der Waals surface area contributed by atoms with Gasteiger partial charge in [-0.3, -0.25) is 4.79 Å². The van der Waals surface area contributed by atoms with E-state index in [-0.39, 0.29) is 5.91 Å². The molecule has 1 amide bonds. The maximum absolute atomic E-state index is 11.8. The van der Waals surface area contributed by atoms with E-state index in [1.807, 2.05) is 4.90 Å². The van der Waals surface area contributed by atoms with Crippen LogP contribution in [0, 0.1) is 6.92 Å². The van der Waals surface area contributed by atoms with Crippen molar-refractivity contribution in [2.24, 2.45) is 4.99 Å². The molecule has 1 fully saturated rings. The van der Waals surface area contributed by atoms with Crippen LogP contribution in [0.15, 0.2) is 53.5 Å². The summed E-state index contributed by atoms with van der Waals surface area (Å²) in [7, 11) is 2.07. The van der Waals surface area contributed by atoms with Crippen LogP contribution in [0.25, 0.3) is 0 Å². The molecule has 0 saturated carbocycles. The molecule has 0 atom stereocenters. The van der Waals surface area contributed by atoms with Crippen molar-refractivity contribution in [1.29, 1.82) is 0 Å². The Labute approximate surface area is 174 Å². The lowest BCUT2D eigenvalue weighted by molar-refractivity contribution is -0.128. The number of benzene rings is 2. The topological polar surface area (TPSA) is 47.9 Å². The summed E-state index contributed by atoms with van der Waals surface area (Å²) in [6.07, 6.45) is 1.67. The van der Waals surface area contributed by atoms with Gasteiger partial charge in [-0.1, -0.05) is 48.5 Å². The van der Waals surface area contributed by atoms with Gasteiger partial charge in [0.1, 0.15) is 0 Å². The first-order valence-corrected chi connectivity index (χ1v) is 10.5. The Hall–Kier alpha value is -2.82. The first-order chi connectivity index (χ1) is 14.1. The van der Waals surface area contributed by atoms with Gasteiger partial charge in [-0.2, -0.15) is 0 Å². The second-order valence-corrected chi connectivity index (χ2v) is 7.69. The molecule has 2 aromatic rings. The quantitative estimate of drug-likeness (QED) is 0.577. The molecule has 1 aliphatic heterocycles. The van der Waals surface area contributed by atoms with Gasteiger partial charge < -0.3 is 15.1 Å². The molecule has 5 heteroatoms. The largest absolute Gasteiger partial charge is 0.357 e. The maximum atomic E-state index is 11.8. The molecule has 0 bridgehead atoms. The van der Waals surface area contributed by atoms with Crippen molar-refractivity contribution in [2.45, 2.75) is 46.3 Å². The van der Waals surface area contributed by atoms with Crippen molar-refractivity contribution in [3.8, 4) is 0 Å². The number of carbonyl (C=O) groups is 1. The van der Waals surface area contributed by atoms with Gasteiger partial charge in [-0.25, -0.2) is 4.99 Å². The van der Waals surface area contributed by atoms with Gasteiger partial charge >= 0.3 is 0 Å². The highest BCUT2D eigenvalue weighted by molar-refractivity contribution is 5.79. The summed E-state index contributed by atoms with van der Waals surface area (Å²) < 4.78 is 0. The van der Waals surface area contributed by atoms with Gasteiger partial charge in [-0.15, -0.1) is 0 Å². The van der Waals surface area contributed by atoms with Crippen molar-refractivity contribution < 1.29 is 4.79 Å². The highest BCUT2D eigenvalue weighted by Crippen LogP contribution is 2.15. The minimum Gasteiger partial charge on any atom is -0.357 e. The average molecular weight is 393 g/mol. The zero-order valence-corrected chi connectivity index (χ0v) is 17.8. The van der Waals surface area contributed by atoms with Crippen molar-refractivity contribution in [1.82, 2.24) is 15.1 Å². The lowest BCUT2D eigenvalue weighted by Crippen LogP contribution is -2.38. The number of likely N-dealkylation sites (tertiary alicyclic amines) is 1. The average Bonchev–Trinajstić information content (AvgIpc) is 3.12. The Bertz CT molecular complexity index is 844. The molecule has 1 N–H and O–H groups in total. The molecule has 0 spiro atoms. The number of carbonyl (C=O) groups excluding carboxylic acids is 1. The molecule has 29 heavy (non-hydrogen) atoms. The van der Waals surface area contributed by atoms with Gasteiger partial charge in [0.2, 0.25) is 5.91 Å². The minimum atomic E-state index is 0.269. The molecule has 1 saturated heterocycles. The van der Waals surface area contributed by atoms with Crippen molar-refractivity contribution >= 4 is 11.9 Å². The number of aryl methyl sites for hydroxylation is 1. The van der Waals surface area contributed by atoms with Crippen LogP contribution in [0.3, 0.4) is 0 Å². The predicted octanol–water partition coefficient (Wildman–Crippen LogP) is 3.71. The Kier molecular flexibility index (Phi) is 7.28. The van der Waals surface area contributed by atoms with Gasteiger partial charge in [0, 0.05) is 39.6 Å². The molecule has 1 heterocycles. The number of rotatable bonds is 7. The molecule has 1 aliphatic rings. The fraction of sp³-hybridized carbons (Fsp3) is 0.417. The summed E-state index contributed by atoms with van der Waals surface area (Å²) in [6, 6.07) is 16.9. The molecule has 2 aromatic carbocycles. The van der Waals surface area contributed by atoms with Crippen LogP contribution in [0.2, 0.25) is 0 Å². The predicted molar refractivity (Wildman–Crippen MR) is 119 cm³/mol. The first-order valence-electron chi connectivity index (χ1n) is 10.5. The SMILES string of the molecule is CCNC(=NCc1ccc(CN2CCCC2=O)cc1)N(C)Cc1ccccc1C. The second kappa shape index (κ2) is 10.1. The Balaban J connectivity index is 1.61. The third kappa shape index (κ3) is 5.83. The standard InChI is InChI=1S/C24H32N4O/c1-4-25-24(27(3)18-22-9-6-5-8-19(22)2)26-16-20-11-13-21(14-12-20)17-28-15-7-10-23(28)29/h5-6,8-9,11-14H,4,7,10,15-18H2,1-3H3,(H,25,26). The molecule has 3 rings (SSSR count). The fourth-order valence-corrected chi connectivity index (χ4v) is 3.60. The van der Waals surface area contributed by atoms with Gasteiger partial charge in [0.05, 0.1) is 6.54 Å². The Morgan fingerprint density at radius 2 is 1.86 bits per heavy atom. The summed E-state index contributed by atoms with van der Waals surface area (Å²) in [5.74, 6) is 1.17. The van der Waals surface area contributed by atoms with E-state index < -0.39 is 0 Å². The van der Waals surface area contributed by atoms with Crippen LogP contribution in [0.4, 0.5) is 0 Å². The number of hydrogen-bond acceptors (Lipinski definition) is 2. The van der Waals surface area contributed by atoms with E-state index in [1.54, 1.807) is 0 Å². The summed E-state index contributed by atoms with van der Waals surface area (Å²) in [6.45, 7) is 8.11. The third-order valence-electron chi connectivity index (χ3n) is 5.34. The van der Waals surface area contributed by atoms with E-state index in [4.69, 9.17) is 4.99 Å². The molecular formula is C24H32N4O. The lowest BCUT2D eigenvalue weighted by atomic mass is 10.1. The molecule has 0 aromatic heterocycles. The maximum Gasteiger partial charge on any atom is 0.222 e. The second-order valence-electron chi connectivity index (χ2n) is 7.69. The van der Waals surface area contributed by atoms with Crippen LogP contribution in [0.5, 0.6) is 0 Å². The monoisotopic (exact) mass is 392 g/mol. The van der Waals surface area contributed by atoms with Crippen molar-refractivity contribution in [3.63, 3.8) is 0 Å². The van der Waals surface area contributed by atoms with Gasteiger partial charge in [0.15, 0.2) is 5.96 Å². The van der Waals surface area contributed by atoms with Crippen LogP contribution in [-0.4, -0.2) is 41.8 Å². The summed E-state index contributed by atoms with van der Waals surface area (Å²) >= 11 is 0. The highest BCUT2D eigenvalue weighted by Gasteiger charge is 2.19.